The first-order chi connectivity index (χ1) is 26.0. The molecule has 2 aliphatic heterocycles. The number of aromatic nitrogens is 6. The molecule has 2 amide bonds. The van der Waals surface area contributed by atoms with Crippen LogP contribution in [0.15, 0.2) is 73.2 Å². The van der Waals surface area contributed by atoms with Crippen LogP contribution in [-0.4, -0.2) is 115 Å². The molecule has 1 fully saturated rings. The van der Waals surface area contributed by atoms with Gasteiger partial charge in [-0.1, -0.05) is 30.3 Å². The van der Waals surface area contributed by atoms with Gasteiger partial charge in [0.05, 0.1) is 34.0 Å². The number of ether oxygens (including phenoxy) is 2. The second kappa shape index (κ2) is 15.0. The lowest BCUT2D eigenvalue weighted by atomic mass is 9.98. The minimum atomic E-state index is -2.35. The fourth-order valence-corrected chi connectivity index (χ4v) is 6.50. The molecule has 2 aliphatic rings. The van der Waals surface area contributed by atoms with Crippen LogP contribution in [0.5, 0.6) is 5.88 Å². The van der Waals surface area contributed by atoms with E-state index < -0.39 is 23.9 Å². The van der Waals surface area contributed by atoms with Gasteiger partial charge in [0.15, 0.2) is 11.4 Å². The normalized spacial score (nSPS) is 18.7. The summed E-state index contributed by atoms with van der Waals surface area (Å²) in [6.07, 6.45) is 5.99. The monoisotopic (exact) mass is 707 g/mol. The molecule has 14 heteroatoms. The van der Waals surface area contributed by atoms with Crippen molar-refractivity contribution in [2.24, 2.45) is 0 Å². The summed E-state index contributed by atoms with van der Waals surface area (Å²) in [4.78, 5) is 39.1. The number of rotatable bonds is 12. The van der Waals surface area contributed by atoms with Crippen molar-refractivity contribution in [3.05, 3.63) is 78.8 Å². The smallest absolute Gasteiger partial charge is 0.258 e. The molecule has 0 bridgehead atoms. The van der Waals surface area contributed by atoms with Gasteiger partial charge in [0.25, 0.3) is 5.91 Å². The van der Waals surface area contributed by atoms with Crippen molar-refractivity contribution in [1.29, 1.82) is 0 Å². The first-order valence-electron chi connectivity index (χ1n) is 18.3. The van der Waals surface area contributed by atoms with E-state index in [1.165, 1.54) is 16.9 Å². The van der Waals surface area contributed by atoms with Crippen LogP contribution in [0.4, 0.5) is 5.69 Å². The third-order valence-electron chi connectivity index (χ3n) is 9.35. The van der Waals surface area contributed by atoms with Crippen molar-refractivity contribution in [1.82, 2.24) is 39.7 Å². The van der Waals surface area contributed by atoms with Crippen molar-refractivity contribution in [2.75, 3.05) is 51.7 Å². The van der Waals surface area contributed by atoms with Crippen LogP contribution in [0.1, 0.15) is 35.0 Å². The lowest BCUT2D eigenvalue weighted by Crippen LogP contribution is -2.48. The first kappa shape index (κ1) is 32.5. The number of benzene rings is 2. The van der Waals surface area contributed by atoms with Crippen LogP contribution in [-0.2, 0) is 20.9 Å². The second-order valence-electron chi connectivity index (χ2n) is 13.2. The third-order valence-corrected chi connectivity index (χ3v) is 9.35. The van der Waals surface area contributed by atoms with Crippen molar-refractivity contribution < 1.29 is 26.9 Å². The predicted octanol–water partition coefficient (Wildman–Crippen LogP) is 4.01. The molecule has 5 heterocycles. The number of anilines is 1. The Bertz CT molecular complexity index is 2170. The van der Waals surface area contributed by atoms with Crippen molar-refractivity contribution in [3.8, 4) is 28.5 Å². The zero-order chi connectivity index (χ0) is 38.0. The Kier molecular flexibility index (Phi) is 9.39. The highest BCUT2D eigenvalue weighted by Crippen LogP contribution is 2.32. The minimum Gasteiger partial charge on any atom is -0.475 e. The molecule has 0 unspecified atom stereocenters. The number of carbonyl (C=O) groups excluding carboxylic acids is 2. The summed E-state index contributed by atoms with van der Waals surface area (Å²) in [5, 5.41) is 24.7. The lowest BCUT2D eigenvalue weighted by molar-refractivity contribution is -0.138. The summed E-state index contributed by atoms with van der Waals surface area (Å²) in [6, 6.07) is 16.9. The first-order valence-corrected chi connectivity index (χ1v) is 17.3. The van der Waals surface area contributed by atoms with Crippen LogP contribution in [0.2, 0.25) is 0 Å². The maximum Gasteiger partial charge on any atom is 0.258 e. The molecule has 1 atom stereocenters. The predicted molar refractivity (Wildman–Crippen MR) is 196 cm³/mol. The molecule has 2 aromatic carbocycles. The Morgan fingerprint density at radius 2 is 1.88 bits per heavy atom. The Balaban J connectivity index is 0.986. The summed E-state index contributed by atoms with van der Waals surface area (Å²) in [5.41, 5.74) is 4.29. The Morgan fingerprint density at radius 1 is 1.08 bits per heavy atom. The van der Waals surface area contributed by atoms with E-state index in [1.54, 1.807) is 29.3 Å². The van der Waals surface area contributed by atoms with E-state index in [4.69, 9.17) is 17.3 Å². The maximum atomic E-state index is 13.8. The molecule has 7 rings (SSSR count). The Labute approximate surface area is 304 Å². The average Bonchev–Trinajstić information content (AvgIpc) is 3.95. The quantitative estimate of drug-likeness (QED) is 0.173. The molecule has 0 spiro atoms. The van der Waals surface area contributed by atoms with E-state index >= 15 is 0 Å². The topological polar surface area (TPSA) is 164 Å². The van der Waals surface area contributed by atoms with Gasteiger partial charge in [0.2, 0.25) is 11.8 Å². The van der Waals surface area contributed by atoms with Gasteiger partial charge < -0.3 is 24.8 Å². The highest BCUT2D eigenvalue weighted by molar-refractivity contribution is 6.01. The van der Waals surface area contributed by atoms with Crippen LogP contribution in [0.25, 0.3) is 39.1 Å². The van der Waals surface area contributed by atoms with Gasteiger partial charge in [0.1, 0.15) is 12.0 Å². The average molecular weight is 708 g/mol. The number of pyridine rings is 1. The number of H-pyrrole nitrogens is 1. The number of aliphatic hydroxyl groups is 1. The molecule has 14 nitrogen and oxygen atoms in total. The number of hydrogen-bond donors (Lipinski definition) is 3. The molecule has 0 saturated carbocycles. The minimum absolute atomic E-state index is 0.000567. The van der Waals surface area contributed by atoms with E-state index in [0.29, 0.717) is 42.6 Å². The van der Waals surface area contributed by atoms with Crippen molar-refractivity contribution >= 4 is 34.0 Å². The molecule has 52 heavy (non-hydrogen) atoms. The van der Waals surface area contributed by atoms with Gasteiger partial charge in [0, 0.05) is 67.8 Å². The van der Waals surface area contributed by atoms with Crippen LogP contribution >= 0.6 is 0 Å². The number of aromatic amines is 1. The molecular formula is C38H43N9O5. The molecule has 1 saturated heterocycles. The summed E-state index contributed by atoms with van der Waals surface area (Å²) >= 11 is 0. The highest BCUT2D eigenvalue weighted by atomic mass is 16.5. The third kappa shape index (κ3) is 7.45. The van der Waals surface area contributed by atoms with Gasteiger partial charge in [-0.3, -0.25) is 24.3 Å². The summed E-state index contributed by atoms with van der Waals surface area (Å²) in [6.45, 7) is 2.55. The van der Waals surface area contributed by atoms with E-state index in [0.717, 1.165) is 33.2 Å². The Hall–Kier alpha value is -5.44. The lowest BCUT2D eigenvalue weighted by Gasteiger charge is -2.30. The molecule has 270 valence electrons. The van der Waals surface area contributed by atoms with E-state index in [2.05, 4.69) is 30.6 Å². The molecule has 0 radical (unpaired) electrons. The van der Waals surface area contributed by atoms with E-state index in [-0.39, 0.29) is 38.8 Å². The number of fused-ring (bicyclic) bond motifs is 1. The zero-order valence-electron chi connectivity index (χ0n) is 31.4. The summed E-state index contributed by atoms with van der Waals surface area (Å²) in [5.74, 6) is 0.00807. The molecule has 3 aromatic heterocycles. The van der Waals surface area contributed by atoms with Gasteiger partial charge in [-0.2, -0.15) is 10.2 Å². The standard InChI is InChI=1S/C38H43N9O5/c1-25(2)52-33-11-8-29(21-39-33)35-31-20-30(9-10-32(31)42-43-35)41-37(50)38(51-3)14-17-45(23-38)22-34(49)46-15-12-27(13-16-46)26-4-6-28(7-5-26)36-40-24-47(44-36)18-19-48/h4-12,20-21,24-25,48H,13-19,22-23H2,1-3H3,(H,41,50)(H,42,43)/t38-/m0/s1/i22D2. The molecule has 0 aliphatic carbocycles. The van der Waals surface area contributed by atoms with E-state index in [9.17, 15) is 9.59 Å². The molecule has 5 aromatic rings. The summed E-state index contributed by atoms with van der Waals surface area (Å²) < 4.78 is 30.8. The van der Waals surface area contributed by atoms with Gasteiger partial charge in [-0.25, -0.2) is 9.97 Å². The number of hydrogen-bond acceptors (Lipinski definition) is 10. The number of nitrogens with one attached hydrogen (secondary N) is 2. The highest BCUT2D eigenvalue weighted by Gasteiger charge is 2.45. The van der Waals surface area contributed by atoms with E-state index in [1.807, 2.05) is 62.4 Å². The number of amides is 2. The molecule has 3 N–H and O–H groups in total. The van der Waals surface area contributed by atoms with Crippen molar-refractivity contribution in [2.45, 2.75) is 44.9 Å². The fourth-order valence-electron chi connectivity index (χ4n) is 6.50. The second-order valence-corrected chi connectivity index (χ2v) is 13.2. The van der Waals surface area contributed by atoms with Gasteiger partial charge >= 0.3 is 0 Å². The Morgan fingerprint density at radius 3 is 2.60 bits per heavy atom. The fraction of sp³-hybridized carbons (Fsp3) is 0.368. The maximum absolute atomic E-state index is 13.8. The van der Waals surface area contributed by atoms with Crippen molar-refractivity contribution in [3.63, 3.8) is 0 Å². The largest absolute Gasteiger partial charge is 0.475 e. The van der Waals surface area contributed by atoms with Gasteiger partial charge in [-0.15, -0.1) is 0 Å². The number of aliphatic hydroxyl groups excluding tert-OH is 1. The number of methoxy groups -OCH3 is 1. The summed E-state index contributed by atoms with van der Waals surface area (Å²) in [7, 11) is 1.43. The van der Waals surface area contributed by atoms with Gasteiger partial charge in [-0.05, 0) is 62.1 Å². The van der Waals surface area contributed by atoms with Crippen LogP contribution < -0.4 is 10.1 Å². The number of nitrogens with zero attached hydrogens (tertiary/aromatic N) is 7. The SMILES string of the molecule is [2H]C([2H])(C(=O)N1CC=C(c2ccc(-c3ncn(CCO)n3)cc2)CC1)N1CC[C@@](OC)(C(=O)Nc2ccc3[nH]nc(-c4ccc(OC(C)C)nc4)c3c2)C1. The van der Waals surface area contributed by atoms with Crippen LogP contribution in [0, 0.1) is 0 Å². The van der Waals surface area contributed by atoms with Crippen LogP contribution in [0.3, 0.4) is 0 Å². The molecular weight excluding hydrogens is 662 g/mol. The number of carbonyl (C=O) groups is 2. The number of likely N-dealkylation sites (tertiary alicyclic amines) is 1. The zero-order valence-corrected chi connectivity index (χ0v) is 29.4.